The van der Waals surface area contributed by atoms with Crippen LogP contribution in [0.15, 0.2) is 35.8 Å². The number of hydrogen-bond donors (Lipinski definition) is 1. The van der Waals surface area contributed by atoms with Gasteiger partial charge in [0.15, 0.2) is 5.82 Å². The lowest BCUT2D eigenvalue weighted by atomic mass is 9.97. The highest BCUT2D eigenvalue weighted by atomic mass is 16.5. The van der Waals surface area contributed by atoms with Gasteiger partial charge in [0.2, 0.25) is 5.95 Å². The van der Waals surface area contributed by atoms with Gasteiger partial charge in [-0.05, 0) is 31.9 Å². The maximum atomic E-state index is 12.5. The Balaban J connectivity index is 2.12. The number of aromatic nitrogens is 4. The van der Waals surface area contributed by atoms with Crippen LogP contribution in [-0.2, 0) is 16.0 Å². The number of hydrogen-bond acceptors (Lipinski definition) is 6. The number of fused-ring (bicyclic) bond motifs is 1. The fourth-order valence-electron chi connectivity index (χ4n) is 2.84. The van der Waals surface area contributed by atoms with Crippen molar-refractivity contribution in [3.05, 3.63) is 47.2 Å². The van der Waals surface area contributed by atoms with Gasteiger partial charge in [0.05, 0.1) is 12.2 Å². The van der Waals surface area contributed by atoms with Crippen molar-refractivity contribution in [2.75, 3.05) is 11.9 Å². The molecule has 1 aliphatic heterocycles. The number of anilines is 1. The van der Waals surface area contributed by atoms with Crippen LogP contribution in [0.25, 0.3) is 0 Å². The van der Waals surface area contributed by atoms with E-state index in [1.54, 1.807) is 24.0 Å². The number of ether oxygens (including phenoxy) is 1. The summed E-state index contributed by atoms with van der Waals surface area (Å²) in [7, 11) is 0. The van der Waals surface area contributed by atoms with E-state index in [0.29, 0.717) is 18.1 Å². The normalized spacial score (nSPS) is 16.5. The molecule has 0 saturated heterocycles. The fraction of sp³-hybridized carbons (Fsp3) is 0.412. The molecule has 0 aliphatic carbocycles. The second-order valence-electron chi connectivity index (χ2n) is 5.62. The van der Waals surface area contributed by atoms with Crippen molar-refractivity contribution in [3.63, 3.8) is 0 Å². The molecule has 24 heavy (non-hydrogen) atoms. The first-order valence-corrected chi connectivity index (χ1v) is 8.16. The van der Waals surface area contributed by atoms with Crippen LogP contribution in [0.4, 0.5) is 5.95 Å². The fourth-order valence-corrected chi connectivity index (χ4v) is 2.84. The number of carbonyl (C=O) groups is 1. The van der Waals surface area contributed by atoms with E-state index in [-0.39, 0.29) is 5.97 Å². The van der Waals surface area contributed by atoms with Gasteiger partial charge in [-0.1, -0.05) is 13.0 Å². The maximum absolute atomic E-state index is 12.5. The number of allylic oxidation sites excluding steroid dienone is 1. The minimum Gasteiger partial charge on any atom is -0.463 e. The summed E-state index contributed by atoms with van der Waals surface area (Å²) in [5.74, 6) is 1.04. The average molecular weight is 327 g/mol. The van der Waals surface area contributed by atoms with E-state index in [4.69, 9.17) is 4.74 Å². The molecule has 1 aliphatic rings. The summed E-state index contributed by atoms with van der Waals surface area (Å²) in [4.78, 5) is 21.3. The van der Waals surface area contributed by atoms with Gasteiger partial charge in [-0.15, -0.1) is 0 Å². The van der Waals surface area contributed by atoms with Crippen LogP contribution in [0.5, 0.6) is 0 Å². The molecule has 2 aromatic heterocycles. The van der Waals surface area contributed by atoms with Crippen LogP contribution in [0.1, 0.15) is 44.6 Å². The van der Waals surface area contributed by atoms with Crippen LogP contribution in [0.3, 0.4) is 0 Å². The number of pyridine rings is 1. The number of nitrogens with zero attached hydrogens (tertiary/aromatic N) is 4. The highest BCUT2D eigenvalue weighted by molar-refractivity contribution is 5.92. The van der Waals surface area contributed by atoms with E-state index >= 15 is 0 Å². The smallest absolute Gasteiger partial charge is 0.338 e. The lowest BCUT2D eigenvalue weighted by Gasteiger charge is -2.27. The quantitative estimate of drug-likeness (QED) is 0.850. The molecule has 7 heteroatoms. The molecule has 3 heterocycles. The summed E-state index contributed by atoms with van der Waals surface area (Å²) < 4.78 is 7.01. The van der Waals surface area contributed by atoms with Crippen molar-refractivity contribution in [3.8, 4) is 0 Å². The van der Waals surface area contributed by atoms with Crippen LogP contribution in [0.2, 0.25) is 0 Å². The second-order valence-corrected chi connectivity index (χ2v) is 5.62. The highest BCUT2D eigenvalue weighted by Gasteiger charge is 2.35. The third-order valence-corrected chi connectivity index (χ3v) is 3.87. The Labute approximate surface area is 140 Å². The second kappa shape index (κ2) is 6.82. The van der Waals surface area contributed by atoms with Gasteiger partial charge in [-0.25, -0.2) is 9.48 Å². The first-order chi connectivity index (χ1) is 11.7. The van der Waals surface area contributed by atoms with Crippen LogP contribution >= 0.6 is 0 Å². The monoisotopic (exact) mass is 327 g/mol. The van der Waals surface area contributed by atoms with E-state index in [1.165, 1.54) is 0 Å². The molecule has 2 aromatic rings. The Morgan fingerprint density at radius 2 is 2.25 bits per heavy atom. The molecule has 0 saturated carbocycles. The van der Waals surface area contributed by atoms with Crippen molar-refractivity contribution in [1.82, 2.24) is 19.7 Å². The van der Waals surface area contributed by atoms with Crippen LogP contribution in [-0.4, -0.2) is 32.3 Å². The van der Waals surface area contributed by atoms with E-state index in [0.717, 1.165) is 29.9 Å². The molecular weight excluding hydrogens is 306 g/mol. The Hall–Kier alpha value is -2.70. The molecule has 126 valence electrons. The minimum atomic E-state index is -0.396. The molecule has 0 radical (unpaired) electrons. The third kappa shape index (κ3) is 2.89. The van der Waals surface area contributed by atoms with Crippen molar-refractivity contribution < 1.29 is 9.53 Å². The predicted octanol–water partition coefficient (Wildman–Crippen LogP) is 2.48. The van der Waals surface area contributed by atoms with Crippen molar-refractivity contribution in [1.29, 1.82) is 0 Å². The maximum Gasteiger partial charge on any atom is 0.338 e. The van der Waals surface area contributed by atoms with E-state index in [1.807, 2.05) is 19.1 Å². The highest BCUT2D eigenvalue weighted by Crippen LogP contribution is 2.35. The molecule has 1 atom stereocenters. The zero-order valence-electron chi connectivity index (χ0n) is 14.1. The van der Waals surface area contributed by atoms with E-state index < -0.39 is 6.04 Å². The number of aryl methyl sites for hydroxylation is 1. The van der Waals surface area contributed by atoms with Crippen LogP contribution < -0.4 is 5.32 Å². The summed E-state index contributed by atoms with van der Waals surface area (Å²) >= 11 is 0. The number of nitrogens with one attached hydrogen (secondary N) is 1. The Kier molecular flexibility index (Phi) is 4.59. The number of carbonyl (C=O) groups excluding carboxylic acids is 1. The van der Waals surface area contributed by atoms with Gasteiger partial charge in [-0.3, -0.25) is 4.98 Å². The molecule has 1 N–H and O–H groups in total. The average Bonchev–Trinajstić information content (AvgIpc) is 2.96. The molecule has 0 aromatic carbocycles. The van der Waals surface area contributed by atoms with E-state index in [2.05, 4.69) is 27.3 Å². The largest absolute Gasteiger partial charge is 0.463 e. The van der Waals surface area contributed by atoms with E-state index in [9.17, 15) is 4.79 Å². The first-order valence-electron chi connectivity index (χ1n) is 8.16. The summed E-state index contributed by atoms with van der Waals surface area (Å²) in [6, 6.07) is 3.38. The summed E-state index contributed by atoms with van der Waals surface area (Å²) in [6.45, 7) is 6.05. The van der Waals surface area contributed by atoms with Gasteiger partial charge in [0.25, 0.3) is 0 Å². The van der Waals surface area contributed by atoms with Gasteiger partial charge in [0.1, 0.15) is 6.04 Å². The van der Waals surface area contributed by atoms with Gasteiger partial charge < -0.3 is 10.1 Å². The molecule has 0 bridgehead atoms. The van der Waals surface area contributed by atoms with Gasteiger partial charge >= 0.3 is 5.97 Å². The predicted molar refractivity (Wildman–Crippen MR) is 89.3 cm³/mol. The minimum absolute atomic E-state index is 0.320. The topological polar surface area (TPSA) is 81.9 Å². The molecular formula is C17H21N5O2. The Morgan fingerprint density at radius 1 is 1.42 bits per heavy atom. The van der Waals surface area contributed by atoms with Crippen molar-refractivity contribution in [2.45, 2.75) is 39.7 Å². The molecule has 1 unspecified atom stereocenters. The zero-order valence-corrected chi connectivity index (χ0v) is 14.1. The standard InChI is InChI=1S/C17H21N5O2/c1-4-7-13-20-17-19-11(3)14(16(23)24-5-2)15(22(17)21-13)12-8-6-9-18-10-12/h6,8-10,15H,4-5,7H2,1-3H3,(H,19,20,21). The van der Waals surface area contributed by atoms with Crippen molar-refractivity contribution in [2.24, 2.45) is 0 Å². The summed E-state index contributed by atoms with van der Waals surface area (Å²) in [6.07, 6.45) is 5.19. The SMILES string of the molecule is CCCc1nc2n(n1)C(c1cccnc1)C(C(=O)OCC)=C(C)N2. The molecule has 7 nitrogen and oxygen atoms in total. The molecule has 0 spiro atoms. The lowest BCUT2D eigenvalue weighted by Crippen LogP contribution is -2.29. The third-order valence-electron chi connectivity index (χ3n) is 3.87. The number of esters is 1. The number of rotatable bonds is 5. The lowest BCUT2D eigenvalue weighted by molar-refractivity contribution is -0.139. The zero-order chi connectivity index (χ0) is 17.1. The summed E-state index contributed by atoms with van der Waals surface area (Å²) in [5.41, 5.74) is 2.13. The van der Waals surface area contributed by atoms with Gasteiger partial charge in [-0.2, -0.15) is 10.1 Å². The first kappa shape index (κ1) is 16.2. The molecule has 0 fully saturated rings. The van der Waals surface area contributed by atoms with Crippen LogP contribution in [0, 0.1) is 0 Å². The molecule has 3 rings (SSSR count). The van der Waals surface area contributed by atoms with Gasteiger partial charge in [0, 0.05) is 24.5 Å². The Bertz CT molecular complexity index is 767. The Morgan fingerprint density at radius 3 is 2.92 bits per heavy atom. The van der Waals surface area contributed by atoms with Crippen molar-refractivity contribution >= 4 is 11.9 Å². The summed E-state index contributed by atoms with van der Waals surface area (Å²) in [5, 5.41) is 7.77. The molecule has 0 amide bonds.